The second-order valence-electron chi connectivity index (χ2n) is 5.03. The van der Waals surface area contributed by atoms with Gasteiger partial charge < -0.3 is 4.90 Å². The van der Waals surface area contributed by atoms with Gasteiger partial charge in [0.15, 0.2) is 0 Å². The maximum atomic E-state index is 4.04. The molecule has 1 heterocycles. The van der Waals surface area contributed by atoms with E-state index in [9.17, 15) is 0 Å². The first-order valence-corrected chi connectivity index (χ1v) is 7.39. The van der Waals surface area contributed by atoms with E-state index < -0.39 is 0 Å². The van der Waals surface area contributed by atoms with Crippen LogP contribution in [0.1, 0.15) is 19.4 Å². The SMILES string of the molecule is CC(C)C(CBr)CN(C)CCc1ccncc1. The topological polar surface area (TPSA) is 16.1 Å². The molecule has 1 aromatic rings. The van der Waals surface area contributed by atoms with Gasteiger partial charge >= 0.3 is 0 Å². The highest BCUT2D eigenvalue weighted by Crippen LogP contribution is 2.14. The summed E-state index contributed by atoms with van der Waals surface area (Å²) >= 11 is 3.61. The molecular weight excluding hydrogens is 276 g/mol. The van der Waals surface area contributed by atoms with Crippen LogP contribution in [0.5, 0.6) is 0 Å². The molecule has 0 saturated carbocycles. The molecule has 0 aliphatic rings. The third-order valence-electron chi connectivity index (χ3n) is 3.22. The van der Waals surface area contributed by atoms with Crippen LogP contribution < -0.4 is 0 Å². The molecule has 0 N–H and O–H groups in total. The monoisotopic (exact) mass is 298 g/mol. The second kappa shape index (κ2) is 7.83. The lowest BCUT2D eigenvalue weighted by molar-refractivity contribution is 0.256. The molecule has 0 saturated heterocycles. The number of halogens is 1. The number of rotatable bonds is 7. The molecule has 1 rings (SSSR count). The van der Waals surface area contributed by atoms with Crippen LogP contribution in [-0.2, 0) is 6.42 Å². The van der Waals surface area contributed by atoms with Gasteiger partial charge in [0, 0.05) is 30.8 Å². The zero-order valence-corrected chi connectivity index (χ0v) is 12.7. The molecule has 0 aliphatic carbocycles. The van der Waals surface area contributed by atoms with Crippen LogP contribution in [0.2, 0.25) is 0 Å². The summed E-state index contributed by atoms with van der Waals surface area (Å²) in [5, 5.41) is 1.09. The van der Waals surface area contributed by atoms with E-state index in [0.29, 0.717) is 0 Å². The summed E-state index contributed by atoms with van der Waals surface area (Å²) in [5.74, 6) is 1.47. The number of hydrogen-bond acceptors (Lipinski definition) is 2. The summed E-state index contributed by atoms with van der Waals surface area (Å²) in [7, 11) is 2.21. The Kier molecular flexibility index (Phi) is 6.75. The van der Waals surface area contributed by atoms with Gasteiger partial charge in [-0.25, -0.2) is 0 Å². The third kappa shape index (κ3) is 5.64. The Balaban J connectivity index is 2.32. The third-order valence-corrected chi connectivity index (χ3v) is 4.05. The predicted octanol–water partition coefficient (Wildman–Crippen LogP) is 3.22. The molecule has 3 heteroatoms. The van der Waals surface area contributed by atoms with Crippen LogP contribution in [0.4, 0.5) is 0 Å². The minimum atomic E-state index is 0.734. The van der Waals surface area contributed by atoms with Gasteiger partial charge in [0.1, 0.15) is 0 Å². The summed E-state index contributed by atoms with van der Waals surface area (Å²) in [5.41, 5.74) is 1.37. The number of nitrogens with zero attached hydrogens (tertiary/aromatic N) is 2. The zero-order valence-electron chi connectivity index (χ0n) is 11.1. The Morgan fingerprint density at radius 3 is 2.47 bits per heavy atom. The lowest BCUT2D eigenvalue weighted by atomic mass is 9.97. The minimum absolute atomic E-state index is 0.734. The smallest absolute Gasteiger partial charge is 0.0270 e. The number of likely N-dealkylation sites (N-methyl/N-ethyl adjacent to an activating group) is 1. The van der Waals surface area contributed by atoms with E-state index in [-0.39, 0.29) is 0 Å². The van der Waals surface area contributed by atoms with E-state index in [0.717, 1.165) is 36.7 Å². The standard InChI is InChI=1S/C14H23BrN2/c1-12(2)14(10-15)11-17(3)9-6-13-4-7-16-8-5-13/h4-5,7-8,12,14H,6,9-11H2,1-3H3. The summed E-state index contributed by atoms with van der Waals surface area (Å²) < 4.78 is 0. The van der Waals surface area contributed by atoms with Crippen molar-refractivity contribution in [2.75, 3.05) is 25.5 Å². The lowest BCUT2D eigenvalue weighted by Crippen LogP contribution is -2.31. The maximum Gasteiger partial charge on any atom is 0.0270 e. The highest BCUT2D eigenvalue weighted by atomic mass is 79.9. The van der Waals surface area contributed by atoms with Gasteiger partial charge in [-0.2, -0.15) is 0 Å². The number of aromatic nitrogens is 1. The average molecular weight is 299 g/mol. The van der Waals surface area contributed by atoms with E-state index in [4.69, 9.17) is 0 Å². The Labute approximate surface area is 114 Å². The van der Waals surface area contributed by atoms with Crippen LogP contribution >= 0.6 is 15.9 Å². The lowest BCUT2D eigenvalue weighted by Gasteiger charge is -2.25. The molecule has 2 nitrogen and oxygen atoms in total. The maximum absolute atomic E-state index is 4.04. The number of alkyl halides is 1. The molecule has 0 spiro atoms. The van der Waals surface area contributed by atoms with Crippen molar-refractivity contribution in [3.63, 3.8) is 0 Å². The van der Waals surface area contributed by atoms with Crippen molar-refractivity contribution in [3.05, 3.63) is 30.1 Å². The first kappa shape index (κ1) is 14.7. The van der Waals surface area contributed by atoms with Crippen molar-refractivity contribution in [1.29, 1.82) is 0 Å². The van der Waals surface area contributed by atoms with Crippen molar-refractivity contribution in [3.8, 4) is 0 Å². The molecule has 17 heavy (non-hydrogen) atoms. The summed E-state index contributed by atoms with van der Waals surface area (Å²) in [4.78, 5) is 6.46. The quantitative estimate of drug-likeness (QED) is 0.719. The molecule has 0 aromatic carbocycles. The fourth-order valence-electron chi connectivity index (χ4n) is 1.80. The van der Waals surface area contributed by atoms with E-state index in [1.165, 1.54) is 5.56 Å². The van der Waals surface area contributed by atoms with Crippen molar-refractivity contribution >= 4 is 15.9 Å². The van der Waals surface area contributed by atoms with Gasteiger partial charge in [-0.1, -0.05) is 29.8 Å². The van der Waals surface area contributed by atoms with Crippen LogP contribution in [-0.4, -0.2) is 35.4 Å². The van der Waals surface area contributed by atoms with Gasteiger partial charge in [-0.15, -0.1) is 0 Å². The fourth-order valence-corrected chi connectivity index (χ4v) is 2.75. The predicted molar refractivity (Wildman–Crippen MR) is 77.6 cm³/mol. The van der Waals surface area contributed by atoms with Crippen LogP contribution in [0.25, 0.3) is 0 Å². The van der Waals surface area contributed by atoms with Crippen LogP contribution in [0.15, 0.2) is 24.5 Å². The van der Waals surface area contributed by atoms with E-state index in [2.05, 4.69) is 58.8 Å². The van der Waals surface area contributed by atoms with Gasteiger partial charge in [0.25, 0.3) is 0 Å². The van der Waals surface area contributed by atoms with E-state index in [1.807, 2.05) is 12.4 Å². The van der Waals surface area contributed by atoms with Crippen LogP contribution in [0.3, 0.4) is 0 Å². The summed E-state index contributed by atoms with van der Waals surface area (Å²) in [6, 6.07) is 4.19. The molecule has 0 fully saturated rings. The molecule has 1 unspecified atom stereocenters. The average Bonchev–Trinajstić information content (AvgIpc) is 2.34. The second-order valence-corrected chi connectivity index (χ2v) is 5.67. The molecule has 1 aromatic heterocycles. The molecule has 96 valence electrons. The molecule has 1 atom stereocenters. The number of pyridine rings is 1. The van der Waals surface area contributed by atoms with Crippen molar-refractivity contribution in [2.24, 2.45) is 11.8 Å². The Hall–Kier alpha value is -0.410. The first-order valence-electron chi connectivity index (χ1n) is 6.27. The normalized spacial score (nSPS) is 13.3. The highest BCUT2D eigenvalue weighted by Gasteiger charge is 2.14. The first-order chi connectivity index (χ1) is 8.13. The van der Waals surface area contributed by atoms with Crippen LogP contribution in [0, 0.1) is 11.8 Å². The van der Waals surface area contributed by atoms with Gasteiger partial charge in [-0.05, 0) is 43.0 Å². The minimum Gasteiger partial charge on any atom is -0.306 e. The van der Waals surface area contributed by atoms with Crippen molar-refractivity contribution in [2.45, 2.75) is 20.3 Å². The highest BCUT2D eigenvalue weighted by molar-refractivity contribution is 9.09. The fraction of sp³-hybridized carbons (Fsp3) is 0.643. The summed E-state index contributed by atoms with van der Waals surface area (Å²) in [6.45, 7) is 6.86. The molecule has 0 amide bonds. The van der Waals surface area contributed by atoms with Gasteiger partial charge in [0.2, 0.25) is 0 Å². The molecule has 0 radical (unpaired) electrons. The largest absolute Gasteiger partial charge is 0.306 e. The van der Waals surface area contributed by atoms with Crippen molar-refractivity contribution in [1.82, 2.24) is 9.88 Å². The zero-order chi connectivity index (χ0) is 12.7. The van der Waals surface area contributed by atoms with E-state index in [1.54, 1.807) is 0 Å². The Morgan fingerprint density at radius 2 is 1.94 bits per heavy atom. The van der Waals surface area contributed by atoms with Gasteiger partial charge in [-0.3, -0.25) is 4.98 Å². The molecule has 0 aliphatic heterocycles. The van der Waals surface area contributed by atoms with E-state index >= 15 is 0 Å². The Morgan fingerprint density at radius 1 is 1.29 bits per heavy atom. The number of hydrogen-bond donors (Lipinski definition) is 0. The molecule has 0 bridgehead atoms. The Bertz CT molecular complexity index is 300. The summed E-state index contributed by atoms with van der Waals surface area (Å²) in [6.07, 6.45) is 4.83. The molecular formula is C14H23BrN2. The van der Waals surface area contributed by atoms with Crippen molar-refractivity contribution < 1.29 is 0 Å². The van der Waals surface area contributed by atoms with Gasteiger partial charge in [0.05, 0.1) is 0 Å².